The molecule has 3 fully saturated rings. The van der Waals surface area contributed by atoms with Crippen molar-refractivity contribution in [3.63, 3.8) is 0 Å². The minimum Gasteiger partial charge on any atom is -0.355 e. The molecule has 0 saturated carbocycles. The van der Waals surface area contributed by atoms with E-state index < -0.39 is 0 Å². The predicted molar refractivity (Wildman–Crippen MR) is 94.3 cm³/mol. The van der Waals surface area contributed by atoms with Gasteiger partial charge in [0.05, 0.1) is 17.3 Å². The summed E-state index contributed by atoms with van der Waals surface area (Å²) in [7, 11) is 0. The quantitative estimate of drug-likeness (QED) is 0.867. The van der Waals surface area contributed by atoms with Gasteiger partial charge in [-0.3, -0.25) is 19.5 Å². The van der Waals surface area contributed by atoms with E-state index in [-0.39, 0.29) is 17.9 Å². The highest BCUT2D eigenvalue weighted by Crippen LogP contribution is 2.34. The lowest BCUT2D eigenvalue weighted by Crippen LogP contribution is -2.41. The third-order valence-corrected chi connectivity index (χ3v) is 6.00. The maximum atomic E-state index is 13.0. The van der Waals surface area contributed by atoms with Crippen LogP contribution in [0.4, 0.5) is 0 Å². The van der Waals surface area contributed by atoms with Crippen molar-refractivity contribution in [1.29, 1.82) is 0 Å². The van der Waals surface area contributed by atoms with Crippen molar-refractivity contribution in [3.05, 3.63) is 28.6 Å². The molecule has 134 valence electrons. The van der Waals surface area contributed by atoms with Gasteiger partial charge in [0.2, 0.25) is 5.91 Å². The molecule has 0 bridgehead atoms. The van der Waals surface area contributed by atoms with Gasteiger partial charge in [0.15, 0.2) is 0 Å². The van der Waals surface area contributed by atoms with E-state index in [0.29, 0.717) is 11.8 Å². The van der Waals surface area contributed by atoms with Crippen LogP contribution in [-0.4, -0.2) is 65.4 Å². The van der Waals surface area contributed by atoms with Gasteiger partial charge in [-0.15, -0.1) is 0 Å². The third-order valence-electron chi connectivity index (χ3n) is 6.00. The Kier molecular flexibility index (Phi) is 4.02. The first-order valence-corrected chi connectivity index (χ1v) is 9.20. The normalized spacial score (nSPS) is 29.2. The molecule has 1 unspecified atom stereocenters. The van der Waals surface area contributed by atoms with Crippen molar-refractivity contribution in [2.24, 2.45) is 11.8 Å². The van der Waals surface area contributed by atoms with Crippen LogP contribution in [0.1, 0.15) is 33.7 Å². The molecule has 0 spiro atoms. The number of aromatic nitrogens is 1. The summed E-state index contributed by atoms with van der Waals surface area (Å²) in [5, 5.41) is 2.93. The fraction of sp³-hybridized carbons (Fsp3) is 0.632. The molecular weight excluding hydrogens is 316 g/mol. The molecule has 3 aliphatic heterocycles. The first-order valence-electron chi connectivity index (χ1n) is 9.20. The average molecular weight is 342 g/mol. The number of hydrogen-bond donors (Lipinski definition) is 1. The lowest BCUT2D eigenvalue weighted by Gasteiger charge is -2.25. The Labute approximate surface area is 148 Å². The van der Waals surface area contributed by atoms with E-state index in [1.165, 1.54) is 0 Å². The van der Waals surface area contributed by atoms with Crippen molar-refractivity contribution in [2.75, 3.05) is 32.7 Å². The fourth-order valence-electron chi connectivity index (χ4n) is 4.88. The van der Waals surface area contributed by atoms with Gasteiger partial charge in [-0.2, -0.15) is 0 Å². The second-order valence-corrected chi connectivity index (χ2v) is 7.82. The molecule has 4 heterocycles. The Bertz CT molecular complexity index is 695. The van der Waals surface area contributed by atoms with E-state index in [4.69, 9.17) is 0 Å². The molecule has 3 saturated heterocycles. The highest BCUT2D eigenvalue weighted by Gasteiger charge is 2.45. The van der Waals surface area contributed by atoms with Gasteiger partial charge in [-0.1, -0.05) is 0 Å². The first kappa shape index (κ1) is 16.5. The second kappa shape index (κ2) is 6.09. The fourth-order valence-corrected chi connectivity index (χ4v) is 4.88. The Morgan fingerprint density at radius 2 is 1.84 bits per heavy atom. The molecule has 1 aromatic heterocycles. The van der Waals surface area contributed by atoms with Crippen LogP contribution < -0.4 is 5.32 Å². The Hall–Kier alpha value is -1.95. The van der Waals surface area contributed by atoms with Crippen LogP contribution in [0.3, 0.4) is 0 Å². The van der Waals surface area contributed by atoms with Gasteiger partial charge in [-0.25, -0.2) is 0 Å². The maximum absolute atomic E-state index is 13.0. The van der Waals surface area contributed by atoms with Crippen LogP contribution in [0, 0.1) is 32.6 Å². The molecule has 1 aromatic rings. The van der Waals surface area contributed by atoms with Gasteiger partial charge in [-0.05, 0) is 50.7 Å². The molecule has 6 heteroatoms. The summed E-state index contributed by atoms with van der Waals surface area (Å²) in [5.74, 6) is 1.25. The van der Waals surface area contributed by atoms with Crippen molar-refractivity contribution in [2.45, 2.75) is 33.2 Å². The van der Waals surface area contributed by atoms with Crippen LogP contribution in [0.15, 0.2) is 6.07 Å². The van der Waals surface area contributed by atoms with Crippen molar-refractivity contribution < 1.29 is 9.59 Å². The number of rotatable bonds is 2. The molecule has 4 rings (SSSR count). The predicted octanol–water partition coefficient (Wildman–Crippen LogP) is 0.899. The minimum absolute atomic E-state index is 0.0422. The lowest BCUT2D eigenvalue weighted by atomic mass is 10.0. The zero-order chi connectivity index (χ0) is 17.7. The van der Waals surface area contributed by atoms with Crippen LogP contribution in [0.2, 0.25) is 0 Å². The highest BCUT2D eigenvalue weighted by atomic mass is 16.2. The molecular formula is C19H26N4O2. The van der Waals surface area contributed by atoms with E-state index in [9.17, 15) is 9.59 Å². The van der Waals surface area contributed by atoms with E-state index in [1.807, 2.05) is 31.7 Å². The Morgan fingerprint density at radius 1 is 1.16 bits per heavy atom. The van der Waals surface area contributed by atoms with Crippen LogP contribution in [0.25, 0.3) is 0 Å². The summed E-state index contributed by atoms with van der Waals surface area (Å²) in [6, 6.07) is 2.03. The largest absolute Gasteiger partial charge is 0.355 e. The Balaban J connectivity index is 1.45. The SMILES string of the molecule is Cc1cc(C)c(C(=O)N2C[C@@H]3CN(C4CCNC4=O)C[C@@H]3C2)c(C)n1. The summed E-state index contributed by atoms with van der Waals surface area (Å²) < 4.78 is 0. The highest BCUT2D eigenvalue weighted by molar-refractivity contribution is 5.97. The standard InChI is InChI=1S/C19H26N4O2/c1-11-6-12(2)21-13(3)17(11)19(25)23-9-14-7-22(8-15(14)10-23)16-4-5-20-18(16)24/h6,14-16H,4-5,7-10H2,1-3H3,(H,20,24)/t14-,15+,16?. The molecule has 25 heavy (non-hydrogen) atoms. The molecule has 6 nitrogen and oxygen atoms in total. The van der Waals surface area contributed by atoms with Crippen molar-refractivity contribution >= 4 is 11.8 Å². The number of nitrogens with one attached hydrogen (secondary N) is 1. The summed E-state index contributed by atoms with van der Waals surface area (Å²) in [6.45, 7) is 10.1. The average Bonchev–Trinajstić information content (AvgIpc) is 3.19. The summed E-state index contributed by atoms with van der Waals surface area (Å²) in [4.78, 5) is 33.7. The molecule has 3 aliphatic rings. The lowest BCUT2D eigenvalue weighted by molar-refractivity contribution is -0.123. The molecule has 0 radical (unpaired) electrons. The summed E-state index contributed by atoms with van der Waals surface area (Å²) in [6.07, 6.45) is 0.911. The number of hydrogen-bond acceptors (Lipinski definition) is 4. The number of carbonyl (C=O) groups excluding carboxylic acids is 2. The molecule has 0 aliphatic carbocycles. The van der Waals surface area contributed by atoms with Crippen LogP contribution in [-0.2, 0) is 4.79 Å². The number of pyridine rings is 1. The van der Waals surface area contributed by atoms with E-state index >= 15 is 0 Å². The van der Waals surface area contributed by atoms with Crippen LogP contribution >= 0.6 is 0 Å². The van der Waals surface area contributed by atoms with E-state index in [0.717, 1.165) is 61.7 Å². The smallest absolute Gasteiger partial charge is 0.255 e. The number of carbonyl (C=O) groups is 2. The molecule has 0 aromatic carbocycles. The van der Waals surface area contributed by atoms with Gasteiger partial charge < -0.3 is 10.2 Å². The van der Waals surface area contributed by atoms with Crippen molar-refractivity contribution in [1.82, 2.24) is 20.1 Å². The number of fused-ring (bicyclic) bond motifs is 1. The minimum atomic E-state index is 0.0422. The summed E-state index contributed by atoms with van der Waals surface area (Å²) in [5.41, 5.74) is 3.55. The molecule has 1 N–H and O–H groups in total. The van der Waals surface area contributed by atoms with E-state index in [1.54, 1.807) is 0 Å². The number of nitrogens with zero attached hydrogens (tertiary/aromatic N) is 3. The first-order chi connectivity index (χ1) is 11.9. The monoisotopic (exact) mass is 342 g/mol. The number of likely N-dealkylation sites (tertiary alicyclic amines) is 2. The molecule has 3 atom stereocenters. The summed E-state index contributed by atoms with van der Waals surface area (Å²) >= 11 is 0. The van der Waals surface area contributed by atoms with Gasteiger partial charge in [0.25, 0.3) is 5.91 Å². The van der Waals surface area contributed by atoms with Gasteiger partial charge >= 0.3 is 0 Å². The topological polar surface area (TPSA) is 65.5 Å². The van der Waals surface area contributed by atoms with E-state index in [2.05, 4.69) is 15.2 Å². The maximum Gasteiger partial charge on any atom is 0.255 e. The van der Waals surface area contributed by atoms with Crippen LogP contribution in [0.5, 0.6) is 0 Å². The van der Waals surface area contributed by atoms with Crippen molar-refractivity contribution in [3.8, 4) is 0 Å². The third kappa shape index (κ3) is 2.82. The number of amides is 2. The zero-order valence-corrected chi connectivity index (χ0v) is 15.2. The van der Waals surface area contributed by atoms with Gasteiger partial charge in [0, 0.05) is 38.4 Å². The van der Waals surface area contributed by atoms with Gasteiger partial charge in [0.1, 0.15) is 0 Å². The number of aryl methyl sites for hydroxylation is 3. The Morgan fingerprint density at radius 3 is 2.40 bits per heavy atom. The second-order valence-electron chi connectivity index (χ2n) is 7.82. The zero-order valence-electron chi connectivity index (χ0n) is 15.2. The molecule has 2 amide bonds.